The quantitative estimate of drug-likeness (QED) is 0.823. The number of nitrogens with zero attached hydrogens (tertiary/aromatic N) is 2. The third-order valence-electron chi connectivity index (χ3n) is 2.09. The minimum atomic E-state index is 0.0852. The molecular formula is C11H19N3O. The zero-order chi connectivity index (χ0) is 11.4. The van der Waals surface area contributed by atoms with E-state index in [1.165, 1.54) is 0 Å². The van der Waals surface area contributed by atoms with Gasteiger partial charge in [-0.2, -0.15) is 4.98 Å². The zero-order valence-electron chi connectivity index (χ0n) is 9.82. The number of rotatable bonds is 4. The molecule has 0 saturated heterocycles. The lowest BCUT2D eigenvalue weighted by atomic mass is 10.3. The highest BCUT2D eigenvalue weighted by Gasteiger charge is 2.08. The van der Waals surface area contributed by atoms with Gasteiger partial charge in [0.05, 0.1) is 11.8 Å². The van der Waals surface area contributed by atoms with Crippen molar-refractivity contribution in [2.24, 2.45) is 0 Å². The van der Waals surface area contributed by atoms with Gasteiger partial charge in [0.2, 0.25) is 5.88 Å². The van der Waals surface area contributed by atoms with Crippen LogP contribution in [0.4, 0.5) is 11.5 Å². The Bertz CT molecular complexity index is 326. The van der Waals surface area contributed by atoms with Crippen LogP contribution in [0.3, 0.4) is 0 Å². The van der Waals surface area contributed by atoms with E-state index in [9.17, 15) is 0 Å². The SMILES string of the molecule is CCN(C)c1ccc(N)c(OC(C)C)n1. The van der Waals surface area contributed by atoms with Crippen LogP contribution in [-0.2, 0) is 0 Å². The summed E-state index contributed by atoms with van der Waals surface area (Å²) in [4.78, 5) is 6.40. The van der Waals surface area contributed by atoms with Crippen LogP contribution >= 0.6 is 0 Å². The van der Waals surface area contributed by atoms with Gasteiger partial charge in [0.25, 0.3) is 0 Å². The molecule has 0 radical (unpaired) electrons. The van der Waals surface area contributed by atoms with Crippen molar-refractivity contribution in [2.45, 2.75) is 26.9 Å². The van der Waals surface area contributed by atoms with E-state index < -0.39 is 0 Å². The van der Waals surface area contributed by atoms with E-state index in [0.29, 0.717) is 11.6 Å². The number of anilines is 2. The van der Waals surface area contributed by atoms with Gasteiger partial charge in [0.15, 0.2) is 0 Å². The Morgan fingerprint density at radius 2 is 2.13 bits per heavy atom. The summed E-state index contributed by atoms with van der Waals surface area (Å²) in [6.45, 7) is 6.88. The Labute approximate surface area is 91.1 Å². The molecule has 4 heteroatoms. The van der Waals surface area contributed by atoms with Crippen LogP contribution in [0.15, 0.2) is 12.1 Å². The highest BCUT2D eigenvalue weighted by atomic mass is 16.5. The molecular weight excluding hydrogens is 190 g/mol. The molecule has 0 aliphatic carbocycles. The van der Waals surface area contributed by atoms with Gasteiger partial charge in [-0.15, -0.1) is 0 Å². The summed E-state index contributed by atoms with van der Waals surface area (Å²) in [7, 11) is 1.98. The first-order chi connectivity index (χ1) is 7.04. The van der Waals surface area contributed by atoms with Crippen molar-refractivity contribution >= 4 is 11.5 Å². The maximum atomic E-state index is 5.77. The van der Waals surface area contributed by atoms with E-state index in [1.54, 1.807) is 0 Å². The van der Waals surface area contributed by atoms with Crippen LogP contribution in [-0.4, -0.2) is 24.7 Å². The average Bonchev–Trinajstić information content (AvgIpc) is 2.19. The van der Waals surface area contributed by atoms with Crippen LogP contribution in [0.2, 0.25) is 0 Å². The minimum absolute atomic E-state index is 0.0852. The Balaban J connectivity index is 2.94. The van der Waals surface area contributed by atoms with Gasteiger partial charge >= 0.3 is 0 Å². The number of hydrogen-bond acceptors (Lipinski definition) is 4. The number of nitrogens with two attached hydrogens (primary N) is 1. The monoisotopic (exact) mass is 209 g/mol. The van der Waals surface area contributed by atoms with Gasteiger partial charge in [0.1, 0.15) is 5.82 Å². The van der Waals surface area contributed by atoms with Gasteiger partial charge in [-0.1, -0.05) is 0 Å². The molecule has 0 aliphatic heterocycles. The minimum Gasteiger partial charge on any atom is -0.473 e. The second-order valence-electron chi connectivity index (χ2n) is 3.74. The molecule has 0 spiro atoms. The molecule has 0 saturated carbocycles. The van der Waals surface area contributed by atoms with Gasteiger partial charge in [-0.05, 0) is 32.9 Å². The lowest BCUT2D eigenvalue weighted by Crippen LogP contribution is -2.18. The summed E-state index contributed by atoms with van der Waals surface area (Å²) in [6, 6.07) is 3.72. The van der Waals surface area contributed by atoms with Crippen molar-refractivity contribution in [1.82, 2.24) is 4.98 Å². The fraction of sp³-hybridized carbons (Fsp3) is 0.545. The molecule has 1 heterocycles. The highest BCUT2D eigenvalue weighted by Crippen LogP contribution is 2.23. The molecule has 1 rings (SSSR count). The lowest BCUT2D eigenvalue weighted by molar-refractivity contribution is 0.234. The van der Waals surface area contributed by atoms with Crippen LogP contribution in [0, 0.1) is 0 Å². The summed E-state index contributed by atoms with van der Waals surface area (Å²) in [5.74, 6) is 1.39. The second kappa shape index (κ2) is 4.87. The summed E-state index contributed by atoms with van der Waals surface area (Å²) >= 11 is 0. The fourth-order valence-electron chi connectivity index (χ4n) is 1.13. The Morgan fingerprint density at radius 3 is 2.67 bits per heavy atom. The third kappa shape index (κ3) is 3.01. The molecule has 2 N–H and O–H groups in total. The molecule has 84 valence electrons. The molecule has 4 nitrogen and oxygen atoms in total. The van der Waals surface area contributed by atoms with E-state index >= 15 is 0 Å². The van der Waals surface area contributed by atoms with Crippen molar-refractivity contribution in [3.8, 4) is 5.88 Å². The summed E-state index contributed by atoms with van der Waals surface area (Å²) < 4.78 is 5.52. The van der Waals surface area contributed by atoms with Crippen LogP contribution < -0.4 is 15.4 Å². The number of hydrogen-bond donors (Lipinski definition) is 1. The van der Waals surface area contributed by atoms with Gasteiger partial charge in [-0.25, -0.2) is 0 Å². The number of nitrogen functional groups attached to an aromatic ring is 1. The first-order valence-electron chi connectivity index (χ1n) is 5.19. The smallest absolute Gasteiger partial charge is 0.239 e. The van der Waals surface area contributed by atoms with Gasteiger partial charge < -0.3 is 15.4 Å². The number of ether oxygens (including phenoxy) is 1. The normalized spacial score (nSPS) is 10.5. The first-order valence-corrected chi connectivity index (χ1v) is 5.19. The molecule has 0 aromatic carbocycles. The standard InChI is InChI=1S/C11H19N3O/c1-5-14(4)10-7-6-9(12)11(13-10)15-8(2)3/h6-8H,5,12H2,1-4H3. The first kappa shape index (κ1) is 11.6. The number of pyridine rings is 1. The molecule has 1 aromatic rings. The molecule has 0 fully saturated rings. The van der Waals surface area contributed by atoms with Crippen LogP contribution in [0.5, 0.6) is 5.88 Å². The Kier molecular flexibility index (Phi) is 3.77. The molecule has 0 unspecified atom stereocenters. The molecule has 15 heavy (non-hydrogen) atoms. The fourth-order valence-corrected chi connectivity index (χ4v) is 1.13. The predicted molar refractivity (Wildman–Crippen MR) is 63.4 cm³/mol. The van der Waals surface area contributed by atoms with Crippen molar-refractivity contribution in [3.63, 3.8) is 0 Å². The second-order valence-corrected chi connectivity index (χ2v) is 3.74. The zero-order valence-corrected chi connectivity index (χ0v) is 9.82. The topological polar surface area (TPSA) is 51.4 Å². The Morgan fingerprint density at radius 1 is 1.47 bits per heavy atom. The van der Waals surface area contributed by atoms with Gasteiger partial charge in [0, 0.05) is 13.6 Å². The summed E-state index contributed by atoms with van der Waals surface area (Å²) in [5.41, 5.74) is 6.35. The third-order valence-corrected chi connectivity index (χ3v) is 2.09. The van der Waals surface area contributed by atoms with Crippen molar-refractivity contribution in [2.75, 3.05) is 24.2 Å². The van der Waals surface area contributed by atoms with Crippen LogP contribution in [0.25, 0.3) is 0 Å². The van der Waals surface area contributed by atoms with E-state index in [-0.39, 0.29) is 6.10 Å². The lowest BCUT2D eigenvalue weighted by Gasteiger charge is -2.18. The van der Waals surface area contributed by atoms with Crippen molar-refractivity contribution < 1.29 is 4.74 Å². The molecule has 1 aromatic heterocycles. The van der Waals surface area contributed by atoms with Crippen LogP contribution in [0.1, 0.15) is 20.8 Å². The van der Waals surface area contributed by atoms with Crippen molar-refractivity contribution in [1.29, 1.82) is 0 Å². The molecule has 0 amide bonds. The maximum absolute atomic E-state index is 5.77. The Hall–Kier alpha value is -1.45. The van der Waals surface area contributed by atoms with E-state index in [0.717, 1.165) is 12.4 Å². The predicted octanol–water partition coefficient (Wildman–Crippen LogP) is 1.91. The van der Waals surface area contributed by atoms with E-state index in [1.807, 2.05) is 37.9 Å². The van der Waals surface area contributed by atoms with Gasteiger partial charge in [-0.3, -0.25) is 0 Å². The summed E-state index contributed by atoms with van der Waals surface area (Å²) in [5, 5.41) is 0. The highest BCUT2D eigenvalue weighted by molar-refractivity contribution is 5.54. The summed E-state index contributed by atoms with van der Waals surface area (Å²) in [6.07, 6.45) is 0.0852. The number of aromatic nitrogens is 1. The molecule has 0 aliphatic rings. The average molecular weight is 209 g/mol. The molecule has 0 bridgehead atoms. The largest absolute Gasteiger partial charge is 0.473 e. The maximum Gasteiger partial charge on any atom is 0.239 e. The van der Waals surface area contributed by atoms with Crippen molar-refractivity contribution in [3.05, 3.63) is 12.1 Å². The van der Waals surface area contributed by atoms with E-state index in [4.69, 9.17) is 10.5 Å². The molecule has 0 atom stereocenters. The van der Waals surface area contributed by atoms with E-state index in [2.05, 4.69) is 11.9 Å².